The maximum atomic E-state index is 14.0. The quantitative estimate of drug-likeness (QED) is 0.0222. The van der Waals surface area contributed by atoms with Crippen LogP contribution in [0.2, 0.25) is 0 Å². The average Bonchev–Trinajstić information content (AvgIpc) is 1.68. The van der Waals surface area contributed by atoms with Crippen LogP contribution in [0.1, 0.15) is 115 Å². The molecule has 16 rings (SSSR count). The summed E-state index contributed by atoms with van der Waals surface area (Å²) < 4.78 is 97.9. The Hall–Kier alpha value is -15.3. The number of rotatable bonds is 27. The molecule has 1 aliphatic carbocycles. The van der Waals surface area contributed by atoms with Gasteiger partial charge in [-0.25, -0.2) is 17.6 Å². The number of benzene rings is 9. The summed E-state index contributed by atoms with van der Waals surface area (Å²) in [6.45, 7) is 1.19. The summed E-state index contributed by atoms with van der Waals surface area (Å²) in [5, 5.41) is 45.3. The number of amides is 4. The molecule has 9 aromatic carbocycles. The van der Waals surface area contributed by atoms with E-state index in [1.165, 1.54) is 81.1 Å². The average molecular weight is 1680 g/mol. The zero-order valence-electron chi connectivity index (χ0n) is 67.8. The van der Waals surface area contributed by atoms with Gasteiger partial charge in [-0.3, -0.25) is 44.6 Å². The highest BCUT2D eigenvalue weighted by Crippen LogP contribution is 2.38. The van der Waals surface area contributed by atoms with Gasteiger partial charge in [-0.15, -0.1) is 11.3 Å². The van der Waals surface area contributed by atoms with Gasteiger partial charge in [0, 0.05) is 36.4 Å². The molecule has 626 valence electrons. The van der Waals surface area contributed by atoms with Crippen LogP contribution in [0.25, 0.3) is 92.2 Å². The number of nitrogens with zero attached hydrogens (tertiary/aromatic N) is 5. The third-order valence-electron chi connectivity index (χ3n) is 19.5. The number of thiophene rings is 1. The van der Waals surface area contributed by atoms with Gasteiger partial charge < -0.3 is 59.2 Å². The monoisotopic (exact) mass is 1680 g/mol. The second kappa shape index (κ2) is 40.4. The number of fused-ring (bicyclic) bond motifs is 4. The normalized spacial score (nSPS) is 11.7. The van der Waals surface area contributed by atoms with Crippen LogP contribution in [0, 0.1) is 23.3 Å². The molecule has 0 bridgehead atoms. The van der Waals surface area contributed by atoms with E-state index in [2.05, 4.69) is 67.0 Å². The highest BCUT2D eigenvalue weighted by molar-refractivity contribution is 7.09. The number of carbonyl (C=O) groups excluding carboxylic acids is 4. The number of carbonyl (C=O) groups is 4. The molecule has 0 saturated heterocycles. The third-order valence-corrected chi connectivity index (χ3v) is 20.3. The maximum Gasteiger partial charge on any atom is 0.255 e. The minimum absolute atomic E-state index is 0.158. The minimum Gasteiger partial charge on any atom is -0.495 e. The first-order chi connectivity index (χ1) is 59.9. The Bertz CT molecular complexity index is 6220. The molecular weight excluding hydrogens is 1600 g/mol. The molecule has 15 aromatic rings. The van der Waals surface area contributed by atoms with Crippen LogP contribution in [0.5, 0.6) is 46.0 Å². The molecule has 0 radical (unpaired) electrons. The number of nitrogens with one attached hydrogen (secondary N) is 8. The smallest absolute Gasteiger partial charge is 0.255 e. The third kappa shape index (κ3) is 20.7. The summed E-state index contributed by atoms with van der Waals surface area (Å²) in [5.41, 5.74) is 11.4. The second-order valence-corrected chi connectivity index (χ2v) is 28.4. The topological polar surface area (TPSA) is 318 Å². The first kappa shape index (κ1) is 85.5. The molecular formula is C93H83F4N13O12S. The summed E-state index contributed by atoms with van der Waals surface area (Å²) in [4.78, 5) is 56.1. The predicted octanol–water partition coefficient (Wildman–Crippen LogP) is 17.7. The molecule has 6 heterocycles. The molecule has 1 fully saturated rings. The van der Waals surface area contributed by atoms with E-state index in [0.29, 0.717) is 154 Å². The zero-order valence-corrected chi connectivity index (χ0v) is 68.6. The van der Waals surface area contributed by atoms with Gasteiger partial charge in [-0.05, 0) is 185 Å². The molecule has 0 aliphatic heterocycles. The van der Waals surface area contributed by atoms with Gasteiger partial charge in [-0.1, -0.05) is 91.0 Å². The van der Waals surface area contributed by atoms with Crippen molar-refractivity contribution >= 4 is 127 Å². The lowest BCUT2D eigenvalue weighted by Crippen LogP contribution is -2.25. The maximum absolute atomic E-state index is 14.0. The fourth-order valence-corrected chi connectivity index (χ4v) is 13.8. The molecule has 0 atom stereocenters. The van der Waals surface area contributed by atoms with Crippen LogP contribution in [-0.4, -0.2) is 132 Å². The molecule has 8 N–H and O–H groups in total. The standard InChI is InChI=1S/C25H22FN3O3.C24H21FN4O3.C23H20FN3O3S.C21H20FN3O3/c1-31-22-13-9-16(14-19(22)26)8-11-20-23-21(29-28-20)12-10-18(24(23)32-2)25(30)27-15-17-6-4-3-5-7-17;1-31-21-10-6-15(12-18(21)25)5-8-19-22-20(29-28-19)9-7-17(23(22)32-2)24(30)27-14-16-4-3-11-26-13-16;1-29-20-10-6-14(12-17(20)24)5-8-18-21-19(27-26-18)9-7-16(22(21)30-2)23(28)25-13-15-4-3-11-31-15;1-27-18-10-4-12(11-15(18)22)3-8-16-19-17(25-24-16)9-7-14(20(19)28-2)21(26)23-13-5-6-13/h3-14H,15H2,1-2H3,(H,27,30)(H,28,29);3-13H,14H2,1-2H3,(H,27,30)(H,28,29);3-12H,13H2,1-2H3,(H,25,28)(H,26,27);3-4,7-11,13H,5-6H2,1-2H3,(H,23,26)(H,24,25)/b11-8+;2*8-5+;8-3+. The Morgan fingerprint density at radius 3 is 1.01 bits per heavy atom. The van der Waals surface area contributed by atoms with Gasteiger partial charge in [0.1, 0.15) is 23.0 Å². The number of aromatic nitrogens is 9. The van der Waals surface area contributed by atoms with E-state index in [4.69, 9.17) is 37.9 Å². The van der Waals surface area contributed by atoms with Crippen LogP contribution in [0.15, 0.2) is 194 Å². The Labute approximate surface area is 706 Å². The van der Waals surface area contributed by atoms with E-state index < -0.39 is 23.3 Å². The largest absolute Gasteiger partial charge is 0.495 e. The molecule has 6 aromatic heterocycles. The second-order valence-electron chi connectivity index (χ2n) is 27.3. The van der Waals surface area contributed by atoms with E-state index in [-0.39, 0.29) is 52.7 Å². The van der Waals surface area contributed by atoms with Gasteiger partial charge in [0.05, 0.1) is 152 Å². The van der Waals surface area contributed by atoms with E-state index in [9.17, 15) is 36.7 Å². The molecule has 25 nitrogen and oxygen atoms in total. The van der Waals surface area contributed by atoms with E-state index in [0.717, 1.165) is 28.8 Å². The Kier molecular flexibility index (Phi) is 28.1. The number of H-pyrrole nitrogens is 4. The van der Waals surface area contributed by atoms with Crippen molar-refractivity contribution in [3.05, 3.63) is 300 Å². The molecule has 4 amide bonds. The van der Waals surface area contributed by atoms with Crippen LogP contribution in [0.3, 0.4) is 0 Å². The summed E-state index contributed by atoms with van der Waals surface area (Å²) >= 11 is 1.58. The van der Waals surface area contributed by atoms with Crippen molar-refractivity contribution in [2.24, 2.45) is 0 Å². The van der Waals surface area contributed by atoms with Crippen LogP contribution >= 0.6 is 11.3 Å². The lowest BCUT2D eigenvalue weighted by atomic mass is 10.1. The SMILES string of the molecule is COc1ccc(/C=C/c2[nH]nc3ccc(C(=O)NC4CC4)c(OC)c23)cc1F.COc1ccc(/C=C/c2[nH]nc3ccc(C(=O)NCc4ccccc4)c(OC)c23)cc1F.COc1ccc(/C=C/c2[nH]nc3ccc(C(=O)NCc4cccnc4)c(OC)c23)cc1F.COc1ccc(/C=C/c2[nH]nc3ccc(C(=O)NCc4cccs4)c(OC)c23)cc1F. The van der Waals surface area contributed by atoms with Gasteiger partial charge in [-0.2, -0.15) is 20.4 Å². The van der Waals surface area contributed by atoms with Crippen LogP contribution in [0.4, 0.5) is 17.6 Å². The van der Waals surface area contributed by atoms with E-state index >= 15 is 0 Å². The fraction of sp³-hybridized carbons (Fsp3) is 0.151. The molecule has 1 saturated carbocycles. The number of hydrogen-bond acceptors (Lipinski definition) is 18. The van der Waals surface area contributed by atoms with Crippen LogP contribution < -0.4 is 59.2 Å². The molecule has 123 heavy (non-hydrogen) atoms. The number of methoxy groups -OCH3 is 8. The number of hydrogen-bond donors (Lipinski definition) is 8. The van der Waals surface area contributed by atoms with Crippen molar-refractivity contribution in [2.45, 2.75) is 38.5 Å². The Morgan fingerprint density at radius 2 is 0.707 bits per heavy atom. The zero-order chi connectivity index (χ0) is 86.5. The van der Waals surface area contributed by atoms with E-state index in [1.807, 2.05) is 60.0 Å². The predicted molar refractivity (Wildman–Crippen MR) is 467 cm³/mol. The molecule has 0 unspecified atom stereocenters. The lowest BCUT2D eigenvalue weighted by Gasteiger charge is -2.11. The van der Waals surface area contributed by atoms with Crippen molar-refractivity contribution < 1.29 is 74.6 Å². The number of aromatic amines is 4. The summed E-state index contributed by atoms with van der Waals surface area (Å²) in [6.07, 6.45) is 19.5. The van der Waals surface area contributed by atoms with Crippen molar-refractivity contribution in [3.8, 4) is 46.0 Å². The van der Waals surface area contributed by atoms with Gasteiger partial charge >= 0.3 is 0 Å². The molecule has 30 heteroatoms. The lowest BCUT2D eigenvalue weighted by molar-refractivity contribution is 0.0939. The van der Waals surface area contributed by atoms with Crippen molar-refractivity contribution in [2.75, 3.05) is 56.9 Å². The van der Waals surface area contributed by atoms with Gasteiger partial charge in [0.2, 0.25) is 0 Å². The fourth-order valence-electron chi connectivity index (χ4n) is 13.1. The number of pyridine rings is 1. The number of ether oxygens (including phenoxy) is 8. The van der Waals surface area contributed by atoms with Crippen molar-refractivity contribution in [1.29, 1.82) is 0 Å². The van der Waals surface area contributed by atoms with Crippen LogP contribution in [-0.2, 0) is 19.6 Å². The highest BCUT2D eigenvalue weighted by atomic mass is 32.1. The minimum atomic E-state index is -0.450. The van der Waals surface area contributed by atoms with Crippen molar-refractivity contribution in [3.63, 3.8) is 0 Å². The number of halogens is 4. The first-order valence-corrected chi connectivity index (χ1v) is 39.2. The first-order valence-electron chi connectivity index (χ1n) is 38.3. The summed E-state index contributed by atoms with van der Waals surface area (Å²) in [7, 11) is 11.8. The highest BCUT2D eigenvalue weighted by Gasteiger charge is 2.28. The van der Waals surface area contributed by atoms with E-state index in [1.54, 1.807) is 169 Å². The Balaban J connectivity index is 0.000000141. The summed E-state index contributed by atoms with van der Waals surface area (Å²) in [6, 6.07) is 50.1. The summed E-state index contributed by atoms with van der Waals surface area (Å²) in [5.74, 6) is -0.244. The van der Waals surface area contributed by atoms with Gasteiger partial charge in [0.25, 0.3) is 23.6 Å². The van der Waals surface area contributed by atoms with Crippen molar-refractivity contribution in [1.82, 2.24) is 67.0 Å². The molecule has 1 aliphatic rings. The van der Waals surface area contributed by atoms with Gasteiger partial charge in [0.15, 0.2) is 46.3 Å². The molecule has 0 spiro atoms. The Morgan fingerprint density at radius 1 is 0.374 bits per heavy atom.